The molecule has 50 valence electrons. The van der Waals surface area contributed by atoms with Crippen LogP contribution in [0.3, 0.4) is 0 Å². The van der Waals surface area contributed by atoms with Crippen molar-refractivity contribution >= 4 is 0 Å². The largest absolute Gasteiger partial charge is 0.0914 e. The fraction of sp³-hybridized carbons (Fsp3) is 0.556. The number of rotatable bonds is 2. The molecule has 0 bridgehead atoms. The standard InChI is InChI=1S/C9H14/c1-3-5-8-7-9(8)6-4-2/h3-6,8-9H,7H2,1-2H3/b5-3+,6-4+/t8-,9+. The second-order valence-electron chi connectivity index (χ2n) is 2.61. The predicted molar refractivity (Wildman–Crippen MR) is 41.2 cm³/mol. The maximum Gasteiger partial charge on any atom is -0.0165 e. The Balaban J connectivity index is 2.24. The van der Waals surface area contributed by atoms with Crippen molar-refractivity contribution in [1.29, 1.82) is 0 Å². The Hall–Kier alpha value is -0.520. The quantitative estimate of drug-likeness (QED) is 0.494. The SMILES string of the molecule is C/C=C/[C@@H]1C[C@@H]1/C=C/C. The fourth-order valence-electron chi connectivity index (χ4n) is 1.17. The van der Waals surface area contributed by atoms with E-state index in [9.17, 15) is 0 Å². The van der Waals surface area contributed by atoms with Crippen LogP contribution in [0.1, 0.15) is 20.3 Å². The molecule has 0 heteroatoms. The maximum absolute atomic E-state index is 2.30. The van der Waals surface area contributed by atoms with Gasteiger partial charge >= 0.3 is 0 Å². The highest BCUT2D eigenvalue weighted by Crippen LogP contribution is 2.40. The topological polar surface area (TPSA) is 0 Å². The second kappa shape index (κ2) is 2.86. The summed E-state index contributed by atoms with van der Waals surface area (Å²) in [6.45, 7) is 4.18. The van der Waals surface area contributed by atoms with E-state index in [2.05, 4.69) is 38.2 Å². The molecular weight excluding hydrogens is 108 g/mol. The summed E-state index contributed by atoms with van der Waals surface area (Å²) >= 11 is 0. The minimum atomic E-state index is 0.867. The molecule has 0 aromatic carbocycles. The van der Waals surface area contributed by atoms with Crippen LogP contribution < -0.4 is 0 Å². The summed E-state index contributed by atoms with van der Waals surface area (Å²) in [6.07, 6.45) is 10.3. The third kappa shape index (κ3) is 1.70. The van der Waals surface area contributed by atoms with E-state index in [1.54, 1.807) is 0 Å². The highest BCUT2D eigenvalue weighted by atomic mass is 14.4. The normalized spacial score (nSPS) is 34.4. The average Bonchev–Trinajstić information content (AvgIpc) is 2.50. The molecular formula is C9H14. The molecule has 1 rings (SSSR count). The zero-order chi connectivity index (χ0) is 6.69. The molecule has 2 atom stereocenters. The molecule has 0 amide bonds. The summed E-state index contributed by atoms with van der Waals surface area (Å²) < 4.78 is 0. The van der Waals surface area contributed by atoms with E-state index in [1.165, 1.54) is 6.42 Å². The van der Waals surface area contributed by atoms with Crippen molar-refractivity contribution in [2.45, 2.75) is 20.3 Å². The number of hydrogen-bond donors (Lipinski definition) is 0. The summed E-state index contributed by atoms with van der Waals surface area (Å²) in [7, 11) is 0. The molecule has 0 aliphatic heterocycles. The third-order valence-corrected chi connectivity index (χ3v) is 1.77. The Kier molecular flexibility index (Phi) is 2.10. The fourth-order valence-corrected chi connectivity index (χ4v) is 1.17. The van der Waals surface area contributed by atoms with Crippen LogP contribution in [-0.2, 0) is 0 Å². The van der Waals surface area contributed by atoms with Gasteiger partial charge in [-0.15, -0.1) is 0 Å². The zero-order valence-corrected chi connectivity index (χ0v) is 6.17. The van der Waals surface area contributed by atoms with Crippen LogP contribution in [0.4, 0.5) is 0 Å². The summed E-state index contributed by atoms with van der Waals surface area (Å²) in [5.41, 5.74) is 0. The molecule has 1 fully saturated rings. The molecule has 0 heterocycles. The van der Waals surface area contributed by atoms with E-state index < -0.39 is 0 Å². The molecule has 0 aromatic heterocycles. The van der Waals surface area contributed by atoms with Gasteiger partial charge in [-0.1, -0.05) is 24.3 Å². The van der Waals surface area contributed by atoms with E-state index in [-0.39, 0.29) is 0 Å². The monoisotopic (exact) mass is 122 g/mol. The second-order valence-corrected chi connectivity index (χ2v) is 2.61. The minimum absolute atomic E-state index is 0.867. The van der Waals surface area contributed by atoms with Crippen LogP contribution in [0.2, 0.25) is 0 Å². The molecule has 9 heavy (non-hydrogen) atoms. The van der Waals surface area contributed by atoms with Gasteiger partial charge in [-0.25, -0.2) is 0 Å². The molecule has 0 aromatic rings. The van der Waals surface area contributed by atoms with Gasteiger partial charge in [0.25, 0.3) is 0 Å². The highest BCUT2D eigenvalue weighted by Gasteiger charge is 2.31. The van der Waals surface area contributed by atoms with E-state index >= 15 is 0 Å². The van der Waals surface area contributed by atoms with Crippen molar-refractivity contribution < 1.29 is 0 Å². The van der Waals surface area contributed by atoms with Gasteiger partial charge in [-0.2, -0.15) is 0 Å². The summed E-state index contributed by atoms with van der Waals surface area (Å²) in [4.78, 5) is 0. The highest BCUT2D eigenvalue weighted by molar-refractivity contribution is 5.09. The lowest BCUT2D eigenvalue weighted by molar-refractivity contribution is 0.990. The molecule has 0 radical (unpaired) electrons. The van der Waals surface area contributed by atoms with Gasteiger partial charge in [0, 0.05) is 0 Å². The van der Waals surface area contributed by atoms with Crippen molar-refractivity contribution in [3.8, 4) is 0 Å². The first-order valence-corrected chi connectivity index (χ1v) is 3.64. The van der Waals surface area contributed by atoms with Crippen LogP contribution in [-0.4, -0.2) is 0 Å². The Morgan fingerprint density at radius 1 is 1.00 bits per heavy atom. The molecule has 0 nitrogen and oxygen atoms in total. The Bertz CT molecular complexity index is 115. The van der Waals surface area contributed by atoms with Crippen molar-refractivity contribution in [2.24, 2.45) is 11.8 Å². The van der Waals surface area contributed by atoms with Crippen molar-refractivity contribution in [3.63, 3.8) is 0 Å². The lowest BCUT2D eigenvalue weighted by Crippen LogP contribution is -1.69. The Labute approximate surface area is 57.3 Å². The molecule has 0 unspecified atom stereocenters. The molecule has 0 N–H and O–H groups in total. The minimum Gasteiger partial charge on any atom is -0.0914 e. The molecule has 1 aliphatic carbocycles. The summed E-state index contributed by atoms with van der Waals surface area (Å²) in [5.74, 6) is 1.73. The first-order chi connectivity index (χ1) is 4.38. The lowest BCUT2D eigenvalue weighted by atomic mass is 10.3. The maximum atomic E-state index is 2.30. The first kappa shape index (κ1) is 6.60. The molecule has 0 saturated heterocycles. The molecule has 1 aliphatic rings. The van der Waals surface area contributed by atoms with E-state index in [0.717, 1.165) is 11.8 Å². The van der Waals surface area contributed by atoms with Gasteiger partial charge in [-0.05, 0) is 32.1 Å². The van der Waals surface area contributed by atoms with Crippen LogP contribution in [0.15, 0.2) is 24.3 Å². The van der Waals surface area contributed by atoms with Crippen LogP contribution in [0.5, 0.6) is 0 Å². The van der Waals surface area contributed by atoms with Crippen LogP contribution in [0, 0.1) is 11.8 Å². The van der Waals surface area contributed by atoms with Crippen molar-refractivity contribution in [3.05, 3.63) is 24.3 Å². The number of hydrogen-bond acceptors (Lipinski definition) is 0. The Morgan fingerprint density at radius 3 is 1.78 bits per heavy atom. The van der Waals surface area contributed by atoms with E-state index in [4.69, 9.17) is 0 Å². The first-order valence-electron chi connectivity index (χ1n) is 3.64. The molecule has 1 saturated carbocycles. The van der Waals surface area contributed by atoms with Gasteiger partial charge in [0.15, 0.2) is 0 Å². The molecule has 0 spiro atoms. The predicted octanol–water partition coefficient (Wildman–Crippen LogP) is 2.77. The van der Waals surface area contributed by atoms with Gasteiger partial charge in [0.1, 0.15) is 0 Å². The van der Waals surface area contributed by atoms with Crippen molar-refractivity contribution in [1.82, 2.24) is 0 Å². The zero-order valence-electron chi connectivity index (χ0n) is 6.17. The van der Waals surface area contributed by atoms with E-state index in [1.807, 2.05) is 0 Å². The lowest BCUT2D eigenvalue weighted by Gasteiger charge is -1.80. The number of allylic oxidation sites excluding steroid dienone is 4. The van der Waals surface area contributed by atoms with Gasteiger partial charge in [0.2, 0.25) is 0 Å². The average molecular weight is 122 g/mol. The smallest absolute Gasteiger partial charge is 0.0165 e. The van der Waals surface area contributed by atoms with E-state index in [0.29, 0.717) is 0 Å². The van der Waals surface area contributed by atoms with Crippen molar-refractivity contribution in [2.75, 3.05) is 0 Å². The Morgan fingerprint density at radius 2 is 1.44 bits per heavy atom. The van der Waals surface area contributed by atoms with Crippen LogP contribution in [0.25, 0.3) is 0 Å². The summed E-state index contributed by atoms with van der Waals surface area (Å²) in [5, 5.41) is 0. The third-order valence-electron chi connectivity index (χ3n) is 1.77. The van der Waals surface area contributed by atoms with Crippen LogP contribution >= 0.6 is 0 Å². The van der Waals surface area contributed by atoms with Gasteiger partial charge < -0.3 is 0 Å². The summed E-state index contributed by atoms with van der Waals surface area (Å²) in [6, 6.07) is 0. The van der Waals surface area contributed by atoms with Gasteiger partial charge in [0.05, 0.1) is 0 Å². The van der Waals surface area contributed by atoms with Gasteiger partial charge in [-0.3, -0.25) is 0 Å².